The van der Waals surface area contributed by atoms with Crippen molar-refractivity contribution in [3.05, 3.63) is 42.2 Å². The zero-order valence-electron chi connectivity index (χ0n) is 8.01. The fraction of sp³-hybridized carbons (Fsp3) is 0.182. The van der Waals surface area contributed by atoms with Crippen molar-refractivity contribution >= 4 is 10.8 Å². The van der Waals surface area contributed by atoms with Crippen LogP contribution in [0.15, 0.2) is 36.7 Å². The minimum absolute atomic E-state index is 0.529. The molecule has 1 heterocycles. The minimum Gasteiger partial charge on any atom is -0.314 e. The molecule has 0 atom stereocenters. The van der Waals surface area contributed by atoms with E-state index in [1.807, 2.05) is 30.5 Å². The van der Waals surface area contributed by atoms with Crippen molar-refractivity contribution in [3.63, 3.8) is 0 Å². The molecule has 0 saturated heterocycles. The van der Waals surface area contributed by atoms with Gasteiger partial charge in [-0.25, -0.2) is 0 Å². The smallest absolute Gasteiger partial charge is 0.0491 e. The average Bonchev–Trinajstić information content (AvgIpc) is 2.18. The first-order chi connectivity index (χ1) is 6.77. The summed E-state index contributed by atoms with van der Waals surface area (Å²) >= 11 is 0. The molecule has 1 aromatic carbocycles. The number of hydrogen-bond donors (Lipinski definition) is 1. The topological polar surface area (TPSA) is 36.4 Å². The highest BCUT2D eigenvalue weighted by atomic mass is 16.5. The number of pyridine rings is 1. The second-order valence-electron chi connectivity index (χ2n) is 3.33. The predicted octanol–water partition coefficient (Wildman–Crippen LogP) is 2.06. The lowest BCUT2D eigenvalue weighted by Gasteiger charge is -2.10. The van der Waals surface area contributed by atoms with Gasteiger partial charge in [-0.05, 0) is 17.0 Å². The van der Waals surface area contributed by atoms with Crippen LogP contribution in [0.2, 0.25) is 0 Å². The molecule has 2 rings (SSSR count). The van der Waals surface area contributed by atoms with E-state index in [9.17, 15) is 5.21 Å². The normalized spacial score (nSPS) is 11.1. The van der Waals surface area contributed by atoms with Crippen LogP contribution >= 0.6 is 0 Å². The molecule has 0 aliphatic carbocycles. The van der Waals surface area contributed by atoms with Crippen LogP contribution in [0, 0.1) is 0 Å². The standard InChI is InChI=1S/C11H12N2O/c1-13(14)8-10-4-2-3-9-7-12-6-5-11(9)10/h2-7,14H,8H2,1H3. The molecule has 0 aliphatic rings. The number of nitrogens with zero attached hydrogens (tertiary/aromatic N) is 2. The van der Waals surface area contributed by atoms with E-state index in [4.69, 9.17) is 0 Å². The molecule has 2 aromatic rings. The first kappa shape index (κ1) is 9.12. The molecule has 1 N–H and O–H groups in total. The van der Waals surface area contributed by atoms with E-state index in [-0.39, 0.29) is 0 Å². The minimum atomic E-state index is 0.529. The van der Waals surface area contributed by atoms with Crippen LogP contribution in [-0.2, 0) is 6.54 Å². The van der Waals surface area contributed by atoms with Gasteiger partial charge in [0.25, 0.3) is 0 Å². The van der Waals surface area contributed by atoms with Crippen molar-refractivity contribution in [1.82, 2.24) is 10.0 Å². The number of hydroxylamine groups is 2. The van der Waals surface area contributed by atoms with Crippen LogP contribution in [0.1, 0.15) is 5.56 Å². The molecule has 0 amide bonds. The van der Waals surface area contributed by atoms with Crippen LogP contribution < -0.4 is 0 Å². The first-order valence-corrected chi connectivity index (χ1v) is 4.49. The predicted molar refractivity (Wildman–Crippen MR) is 55.0 cm³/mol. The molecule has 3 nitrogen and oxygen atoms in total. The summed E-state index contributed by atoms with van der Waals surface area (Å²) in [7, 11) is 1.64. The van der Waals surface area contributed by atoms with Gasteiger partial charge in [0, 0.05) is 31.4 Å². The SMILES string of the molecule is CN(O)Cc1cccc2cnccc12. The van der Waals surface area contributed by atoms with Crippen LogP contribution in [0.5, 0.6) is 0 Å². The van der Waals surface area contributed by atoms with Gasteiger partial charge >= 0.3 is 0 Å². The van der Waals surface area contributed by atoms with Crippen LogP contribution in [-0.4, -0.2) is 22.3 Å². The molecule has 1 aromatic heterocycles. The second kappa shape index (κ2) is 3.74. The van der Waals surface area contributed by atoms with Gasteiger partial charge in [-0.15, -0.1) is 0 Å². The van der Waals surface area contributed by atoms with Crippen molar-refractivity contribution < 1.29 is 5.21 Å². The Morgan fingerprint density at radius 3 is 3.00 bits per heavy atom. The number of benzene rings is 1. The molecule has 0 saturated carbocycles. The van der Waals surface area contributed by atoms with Crippen molar-refractivity contribution in [2.24, 2.45) is 0 Å². The molecular weight excluding hydrogens is 176 g/mol. The Bertz CT molecular complexity index is 435. The van der Waals surface area contributed by atoms with Gasteiger partial charge in [-0.3, -0.25) is 4.98 Å². The number of fused-ring (bicyclic) bond motifs is 1. The third-order valence-corrected chi connectivity index (χ3v) is 2.17. The summed E-state index contributed by atoms with van der Waals surface area (Å²) < 4.78 is 0. The highest BCUT2D eigenvalue weighted by Gasteiger charge is 2.01. The van der Waals surface area contributed by atoms with Crippen LogP contribution in [0.25, 0.3) is 10.8 Å². The van der Waals surface area contributed by atoms with Crippen molar-refractivity contribution in [2.75, 3.05) is 7.05 Å². The Morgan fingerprint density at radius 1 is 1.36 bits per heavy atom. The highest BCUT2D eigenvalue weighted by Crippen LogP contribution is 2.17. The van der Waals surface area contributed by atoms with Crippen molar-refractivity contribution in [3.8, 4) is 0 Å². The maximum Gasteiger partial charge on any atom is 0.0491 e. The quantitative estimate of drug-likeness (QED) is 0.733. The van der Waals surface area contributed by atoms with Gasteiger partial charge in [0.05, 0.1) is 0 Å². The van der Waals surface area contributed by atoms with Gasteiger partial charge in [0.15, 0.2) is 0 Å². The third kappa shape index (κ3) is 1.73. The molecule has 72 valence electrons. The van der Waals surface area contributed by atoms with Gasteiger partial charge in [0.2, 0.25) is 0 Å². The summed E-state index contributed by atoms with van der Waals surface area (Å²) in [6.07, 6.45) is 3.60. The fourth-order valence-corrected chi connectivity index (χ4v) is 1.57. The lowest BCUT2D eigenvalue weighted by atomic mass is 10.1. The molecule has 0 fully saturated rings. The van der Waals surface area contributed by atoms with Crippen LogP contribution in [0.3, 0.4) is 0 Å². The zero-order chi connectivity index (χ0) is 9.97. The van der Waals surface area contributed by atoms with E-state index < -0.39 is 0 Å². The molecule has 0 bridgehead atoms. The lowest BCUT2D eigenvalue weighted by Crippen LogP contribution is -2.11. The maximum absolute atomic E-state index is 9.18. The second-order valence-corrected chi connectivity index (χ2v) is 3.33. The van der Waals surface area contributed by atoms with E-state index >= 15 is 0 Å². The third-order valence-electron chi connectivity index (χ3n) is 2.17. The number of hydrogen-bond acceptors (Lipinski definition) is 3. The summed E-state index contributed by atoms with van der Waals surface area (Å²) in [5.74, 6) is 0. The summed E-state index contributed by atoms with van der Waals surface area (Å²) in [4.78, 5) is 4.06. The first-order valence-electron chi connectivity index (χ1n) is 4.49. The molecule has 0 unspecified atom stereocenters. The molecule has 0 radical (unpaired) electrons. The average molecular weight is 188 g/mol. The molecular formula is C11H12N2O. The van der Waals surface area contributed by atoms with Gasteiger partial charge in [-0.1, -0.05) is 18.2 Å². The van der Waals surface area contributed by atoms with Gasteiger partial charge in [0.1, 0.15) is 0 Å². The van der Waals surface area contributed by atoms with Crippen molar-refractivity contribution in [2.45, 2.75) is 6.54 Å². The van der Waals surface area contributed by atoms with Crippen LogP contribution in [0.4, 0.5) is 0 Å². The Kier molecular flexibility index (Phi) is 2.43. The number of aromatic nitrogens is 1. The fourth-order valence-electron chi connectivity index (χ4n) is 1.57. The zero-order valence-corrected chi connectivity index (χ0v) is 8.01. The monoisotopic (exact) mass is 188 g/mol. The van der Waals surface area contributed by atoms with E-state index in [0.29, 0.717) is 6.54 Å². The van der Waals surface area contributed by atoms with E-state index in [1.165, 1.54) is 5.06 Å². The molecule has 0 spiro atoms. The summed E-state index contributed by atoms with van der Waals surface area (Å²) in [6.45, 7) is 0.529. The van der Waals surface area contributed by atoms with Gasteiger partial charge in [-0.2, -0.15) is 5.06 Å². The molecule has 14 heavy (non-hydrogen) atoms. The summed E-state index contributed by atoms with van der Waals surface area (Å²) in [5, 5.41) is 12.6. The highest BCUT2D eigenvalue weighted by molar-refractivity contribution is 5.84. The largest absolute Gasteiger partial charge is 0.314 e. The van der Waals surface area contributed by atoms with E-state index in [0.717, 1.165) is 16.3 Å². The molecule has 3 heteroatoms. The summed E-state index contributed by atoms with van der Waals surface area (Å²) in [6, 6.07) is 7.97. The molecule has 0 aliphatic heterocycles. The van der Waals surface area contributed by atoms with E-state index in [1.54, 1.807) is 13.2 Å². The van der Waals surface area contributed by atoms with Gasteiger partial charge < -0.3 is 5.21 Å². The Labute approximate surface area is 82.6 Å². The van der Waals surface area contributed by atoms with Crippen molar-refractivity contribution in [1.29, 1.82) is 0 Å². The Morgan fingerprint density at radius 2 is 2.21 bits per heavy atom. The summed E-state index contributed by atoms with van der Waals surface area (Å²) in [5.41, 5.74) is 1.11. The Balaban J connectivity index is 2.53. The van der Waals surface area contributed by atoms with E-state index in [2.05, 4.69) is 4.98 Å². The Hall–Kier alpha value is -1.45. The lowest BCUT2D eigenvalue weighted by molar-refractivity contribution is -0.0728. The number of rotatable bonds is 2. The maximum atomic E-state index is 9.18.